The number of hydrogen-bond acceptors (Lipinski definition) is 2. The molecular formula is C9H4BrF5N2. The van der Waals surface area contributed by atoms with Crippen molar-refractivity contribution in [2.45, 2.75) is 19.0 Å². The standard InChI is InChI=1S/C9H4BrF5N2/c10-7-4(9(13,14)15)3-17-5(1-2-16)6(7)8(11)12/h3,8H,1H2. The van der Waals surface area contributed by atoms with Crippen LogP contribution in [0.5, 0.6) is 0 Å². The molecule has 8 heteroatoms. The Morgan fingerprint density at radius 2 is 2.00 bits per heavy atom. The number of aromatic nitrogens is 1. The number of halogens is 6. The van der Waals surface area contributed by atoms with Gasteiger partial charge in [0.2, 0.25) is 0 Å². The molecule has 0 N–H and O–H groups in total. The summed E-state index contributed by atoms with van der Waals surface area (Å²) in [6.07, 6.45) is -7.96. The Balaban J connectivity index is 3.45. The first-order valence-electron chi connectivity index (χ1n) is 4.18. The molecule has 0 amide bonds. The largest absolute Gasteiger partial charge is 0.418 e. The van der Waals surface area contributed by atoms with Crippen LogP contribution in [0, 0.1) is 11.3 Å². The number of nitrogens with zero attached hydrogens (tertiary/aromatic N) is 2. The Morgan fingerprint density at radius 1 is 1.41 bits per heavy atom. The van der Waals surface area contributed by atoms with Crippen LogP contribution in [-0.4, -0.2) is 4.98 Å². The topological polar surface area (TPSA) is 36.7 Å². The lowest BCUT2D eigenvalue weighted by Gasteiger charge is -2.14. The highest BCUT2D eigenvalue weighted by Crippen LogP contribution is 2.40. The molecule has 2 nitrogen and oxygen atoms in total. The molecule has 0 fully saturated rings. The summed E-state index contributed by atoms with van der Waals surface area (Å²) in [5, 5.41) is 8.37. The first-order chi connectivity index (χ1) is 7.79. The molecule has 0 radical (unpaired) electrons. The van der Waals surface area contributed by atoms with Gasteiger partial charge >= 0.3 is 6.18 Å². The van der Waals surface area contributed by atoms with Crippen LogP contribution < -0.4 is 0 Å². The second kappa shape index (κ2) is 4.96. The lowest BCUT2D eigenvalue weighted by atomic mass is 10.1. The van der Waals surface area contributed by atoms with Gasteiger partial charge in [-0.3, -0.25) is 4.98 Å². The van der Waals surface area contributed by atoms with Gasteiger partial charge in [0, 0.05) is 10.7 Å². The number of rotatable bonds is 2. The summed E-state index contributed by atoms with van der Waals surface area (Å²) in [7, 11) is 0. The summed E-state index contributed by atoms with van der Waals surface area (Å²) < 4.78 is 61.8. The highest BCUT2D eigenvalue weighted by Gasteiger charge is 2.36. The van der Waals surface area contributed by atoms with Gasteiger partial charge in [-0.1, -0.05) is 0 Å². The van der Waals surface area contributed by atoms with E-state index in [0.29, 0.717) is 6.20 Å². The molecule has 0 unspecified atom stereocenters. The molecule has 0 aliphatic carbocycles. The zero-order chi connectivity index (χ0) is 13.2. The van der Waals surface area contributed by atoms with E-state index in [4.69, 9.17) is 5.26 Å². The number of alkyl halides is 5. The molecule has 17 heavy (non-hydrogen) atoms. The van der Waals surface area contributed by atoms with Gasteiger partial charge < -0.3 is 0 Å². The van der Waals surface area contributed by atoms with Crippen molar-refractivity contribution < 1.29 is 22.0 Å². The summed E-state index contributed by atoms with van der Waals surface area (Å²) in [6, 6.07) is 1.57. The van der Waals surface area contributed by atoms with E-state index >= 15 is 0 Å². The SMILES string of the molecule is N#CCc1ncc(C(F)(F)F)c(Br)c1C(F)F. The molecule has 0 aliphatic heterocycles. The Bertz CT molecular complexity index is 464. The first-order valence-corrected chi connectivity index (χ1v) is 4.98. The number of hydrogen-bond donors (Lipinski definition) is 0. The maximum absolute atomic E-state index is 12.6. The molecular weight excluding hydrogens is 311 g/mol. The minimum absolute atomic E-state index is 0.359. The van der Waals surface area contributed by atoms with Gasteiger partial charge in [-0.05, 0) is 15.9 Å². The van der Waals surface area contributed by atoms with E-state index < -0.39 is 34.6 Å². The molecule has 92 valence electrons. The summed E-state index contributed by atoms with van der Waals surface area (Å²) in [5.41, 5.74) is -2.53. The van der Waals surface area contributed by atoms with Gasteiger partial charge in [-0.25, -0.2) is 8.78 Å². The van der Waals surface area contributed by atoms with E-state index in [1.807, 2.05) is 0 Å². The predicted molar refractivity (Wildman–Crippen MR) is 51.2 cm³/mol. The van der Waals surface area contributed by atoms with E-state index in [0.717, 1.165) is 0 Å². The van der Waals surface area contributed by atoms with E-state index in [1.165, 1.54) is 0 Å². The third kappa shape index (κ3) is 2.91. The molecule has 1 aromatic rings. The molecule has 0 aromatic carbocycles. The van der Waals surface area contributed by atoms with Crippen molar-refractivity contribution in [2.75, 3.05) is 0 Å². The quantitative estimate of drug-likeness (QED) is 0.777. The van der Waals surface area contributed by atoms with E-state index in [9.17, 15) is 22.0 Å². The minimum Gasteiger partial charge on any atom is -0.259 e. The molecule has 0 atom stereocenters. The van der Waals surface area contributed by atoms with E-state index in [2.05, 4.69) is 20.9 Å². The fourth-order valence-electron chi connectivity index (χ4n) is 1.18. The third-order valence-electron chi connectivity index (χ3n) is 1.90. The monoisotopic (exact) mass is 314 g/mol. The van der Waals surface area contributed by atoms with Crippen molar-refractivity contribution in [2.24, 2.45) is 0 Å². The average molecular weight is 315 g/mol. The Labute approximate surface area is 101 Å². The maximum atomic E-state index is 12.6. The second-order valence-electron chi connectivity index (χ2n) is 2.98. The summed E-state index contributed by atoms with van der Waals surface area (Å²) in [6.45, 7) is 0. The van der Waals surface area contributed by atoms with Crippen molar-refractivity contribution in [3.8, 4) is 6.07 Å². The van der Waals surface area contributed by atoms with E-state index in [-0.39, 0.29) is 5.69 Å². The predicted octanol–water partition coefficient (Wildman–Crippen LogP) is 3.87. The van der Waals surface area contributed by atoms with Crippen LogP contribution in [0.25, 0.3) is 0 Å². The van der Waals surface area contributed by atoms with Crippen LogP contribution in [0.3, 0.4) is 0 Å². The molecule has 0 bridgehead atoms. The normalized spacial score (nSPS) is 11.6. The van der Waals surface area contributed by atoms with Crippen LogP contribution in [-0.2, 0) is 12.6 Å². The third-order valence-corrected chi connectivity index (χ3v) is 2.76. The highest BCUT2D eigenvalue weighted by atomic mass is 79.9. The fourth-order valence-corrected chi connectivity index (χ4v) is 1.90. The van der Waals surface area contributed by atoms with Gasteiger partial charge in [-0.2, -0.15) is 18.4 Å². The fraction of sp³-hybridized carbons (Fsp3) is 0.333. The van der Waals surface area contributed by atoms with Crippen molar-refractivity contribution in [3.63, 3.8) is 0 Å². The smallest absolute Gasteiger partial charge is 0.259 e. The molecule has 0 aliphatic rings. The van der Waals surface area contributed by atoms with Crippen LogP contribution >= 0.6 is 15.9 Å². The zero-order valence-electron chi connectivity index (χ0n) is 8.02. The number of nitriles is 1. The second-order valence-corrected chi connectivity index (χ2v) is 3.77. The lowest BCUT2D eigenvalue weighted by Crippen LogP contribution is -2.11. The average Bonchev–Trinajstić information content (AvgIpc) is 2.15. The van der Waals surface area contributed by atoms with Crippen LogP contribution in [0.4, 0.5) is 22.0 Å². The first kappa shape index (κ1) is 13.8. The van der Waals surface area contributed by atoms with Gasteiger partial charge in [0.05, 0.1) is 29.3 Å². The van der Waals surface area contributed by atoms with Crippen molar-refractivity contribution in [3.05, 3.63) is 27.5 Å². The molecule has 0 saturated heterocycles. The summed E-state index contributed by atoms with van der Waals surface area (Å²) >= 11 is 2.49. The molecule has 0 spiro atoms. The van der Waals surface area contributed by atoms with E-state index in [1.54, 1.807) is 6.07 Å². The summed E-state index contributed by atoms with van der Waals surface area (Å²) in [4.78, 5) is 3.26. The van der Waals surface area contributed by atoms with Gasteiger partial charge in [0.25, 0.3) is 6.43 Å². The van der Waals surface area contributed by atoms with Crippen molar-refractivity contribution >= 4 is 15.9 Å². The zero-order valence-corrected chi connectivity index (χ0v) is 9.61. The Hall–Kier alpha value is -1.23. The minimum atomic E-state index is -4.78. The molecule has 1 rings (SSSR count). The highest BCUT2D eigenvalue weighted by molar-refractivity contribution is 9.10. The van der Waals surface area contributed by atoms with Gasteiger partial charge in [-0.15, -0.1) is 0 Å². The van der Waals surface area contributed by atoms with Gasteiger partial charge in [0.1, 0.15) is 0 Å². The van der Waals surface area contributed by atoms with Crippen molar-refractivity contribution in [1.29, 1.82) is 5.26 Å². The lowest BCUT2D eigenvalue weighted by molar-refractivity contribution is -0.138. The molecule has 1 aromatic heterocycles. The molecule has 0 saturated carbocycles. The number of pyridine rings is 1. The van der Waals surface area contributed by atoms with Crippen LogP contribution in [0.1, 0.15) is 23.2 Å². The van der Waals surface area contributed by atoms with Crippen molar-refractivity contribution in [1.82, 2.24) is 4.98 Å². The van der Waals surface area contributed by atoms with Crippen LogP contribution in [0.15, 0.2) is 10.7 Å². The van der Waals surface area contributed by atoms with Gasteiger partial charge in [0.15, 0.2) is 0 Å². The summed E-state index contributed by atoms with van der Waals surface area (Å²) in [5.74, 6) is 0. The molecule has 1 heterocycles. The van der Waals surface area contributed by atoms with Crippen LogP contribution in [0.2, 0.25) is 0 Å². The Morgan fingerprint density at radius 3 is 2.41 bits per heavy atom. The Kier molecular flexibility index (Phi) is 4.03. The maximum Gasteiger partial charge on any atom is 0.418 e.